The standard InChI is InChI=1S/C19H18ClN3O3S/c1-3-4-17(24)23-19-22-14-7-6-12(10-16(14)27-19)21-18(25)13-9-11(20)5-8-15(13)26-2/h5-10H,3-4H2,1-2H3,(H,21,25)(H,22,23,24). The lowest BCUT2D eigenvalue weighted by atomic mass is 10.2. The van der Waals surface area contributed by atoms with Crippen molar-refractivity contribution in [3.63, 3.8) is 0 Å². The summed E-state index contributed by atoms with van der Waals surface area (Å²) in [6.45, 7) is 1.95. The van der Waals surface area contributed by atoms with Crippen LogP contribution in [0.4, 0.5) is 10.8 Å². The lowest BCUT2D eigenvalue weighted by Crippen LogP contribution is -2.13. The van der Waals surface area contributed by atoms with Crippen LogP contribution in [-0.2, 0) is 4.79 Å². The Morgan fingerprint density at radius 3 is 2.74 bits per heavy atom. The van der Waals surface area contributed by atoms with Crippen molar-refractivity contribution in [1.82, 2.24) is 4.98 Å². The number of rotatable bonds is 6. The van der Waals surface area contributed by atoms with E-state index in [1.807, 2.05) is 13.0 Å². The number of hydrogen-bond donors (Lipinski definition) is 2. The predicted octanol–water partition coefficient (Wildman–Crippen LogP) is 4.95. The van der Waals surface area contributed by atoms with E-state index in [0.29, 0.717) is 33.6 Å². The third kappa shape index (κ3) is 4.56. The third-order valence-corrected chi connectivity index (χ3v) is 4.94. The number of ether oxygens (including phenoxy) is 1. The van der Waals surface area contributed by atoms with Crippen LogP contribution in [0, 0.1) is 0 Å². The number of methoxy groups -OCH3 is 1. The highest BCUT2D eigenvalue weighted by Gasteiger charge is 2.14. The molecule has 0 radical (unpaired) electrons. The summed E-state index contributed by atoms with van der Waals surface area (Å²) in [5.41, 5.74) is 1.72. The Morgan fingerprint density at radius 1 is 1.19 bits per heavy atom. The van der Waals surface area contributed by atoms with Crippen LogP contribution in [0.1, 0.15) is 30.1 Å². The highest BCUT2D eigenvalue weighted by molar-refractivity contribution is 7.22. The molecule has 8 heteroatoms. The van der Waals surface area contributed by atoms with Crippen LogP contribution in [0.3, 0.4) is 0 Å². The summed E-state index contributed by atoms with van der Waals surface area (Å²) in [5, 5.41) is 6.62. The third-order valence-electron chi connectivity index (χ3n) is 3.78. The molecule has 6 nitrogen and oxygen atoms in total. The van der Waals surface area contributed by atoms with E-state index >= 15 is 0 Å². The quantitative estimate of drug-likeness (QED) is 0.610. The summed E-state index contributed by atoms with van der Waals surface area (Å²) in [6, 6.07) is 10.2. The largest absolute Gasteiger partial charge is 0.496 e. The first-order valence-electron chi connectivity index (χ1n) is 8.35. The van der Waals surface area contributed by atoms with E-state index in [1.165, 1.54) is 18.4 Å². The molecule has 3 rings (SSSR count). The van der Waals surface area contributed by atoms with E-state index in [-0.39, 0.29) is 11.8 Å². The minimum Gasteiger partial charge on any atom is -0.496 e. The fraction of sp³-hybridized carbons (Fsp3) is 0.211. The number of fused-ring (bicyclic) bond motifs is 1. The van der Waals surface area contributed by atoms with Gasteiger partial charge in [-0.15, -0.1) is 0 Å². The molecule has 0 unspecified atom stereocenters. The van der Waals surface area contributed by atoms with Gasteiger partial charge in [-0.25, -0.2) is 4.98 Å². The number of amides is 2. The number of carbonyl (C=O) groups is 2. The fourth-order valence-corrected chi connectivity index (χ4v) is 3.61. The molecule has 1 heterocycles. The Labute approximate surface area is 165 Å². The van der Waals surface area contributed by atoms with Crippen LogP contribution in [0.15, 0.2) is 36.4 Å². The molecule has 2 amide bonds. The monoisotopic (exact) mass is 403 g/mol. The molecule has 0 bridgehead atoms. The van der Waals surface area contributed by atoms with E-state index in [9.17, 15) is 9.59 Å². The molecule has 3 aromatic rings. The molecular weight excluding hydrogens is 386 g/mol. The number of nitrogens with one attached hydrogen (secondary N) is 2. The van der Waals surface area contributed by atoms with Gasteiger partial charge in [-0.3, -0.25) is 9.59 Å². The summed E-state index contributed by atoms with van der Waals surface area (Å²) in [6.07, 6.45) is 1.23. The highest BCUT2D eigenvalue weighted by Crippen LogP contribution is 2.29. The molecule has 0 saturated carbocycles. The van der Waals surface area contributed by atoms with E-state index < -0.39 is 0 Å². The van der Waals surface area contributed by atoms with Crippen LogP contribution in [0.2, 0.25) is 5.02 Å². The summed E-state index contributed by atoms with van der Waals surface area (Å²) in [5.74, 6) is 0.0597. The zero-order chi connectivity index (χ0) is 19.4. The maximum Gasteiger partial charge on any atom is 0.259 e. The van der Waals surface area contributed by atoms with Gasteiger partial charge in [0.1, 0.15) is 5.75 Å². The van der Waals surface area contributed by atoms with Crippen molar-refractivity contribution in [2.75, 3.05) is 17.7 Å². The van der Waals surface area contributed by atoms with E-state index in [4.69, 9.17) is 16.3 Å². The minimum absolute atomic E-state index is 0.0573. The van der Waals surface area contributed by atoms with Crippen molar-refractivity contribution in [1.29, 1.82) is 0 Å². The first kappa shape index (κ1) is 19.1. The molecule has 0 aliphatic carbocycles. The number of carbonyl (C=O) groups excluding carboxylic acids is 2. The van der Waals surface area contributed by atoms with E-state index in [2.05, 4.69) is 15.6 Å². The smallest absolute Gasteiger partial charge is 0.259 e. The number of hydrogen-bond acceptors (Lipinski definition) is 5. The summed E-state index contributed by atoms with van der Waals surface area (Å²) in [7, 11) is 1.50. The SMILES string of the molecule is CCCC(=O)Nc1nc2ccc(NC(=O)c3cc(Cl)ccc3OC)cc2s1. The number of benzene rings is 2. The molecule has 1 aromatic heterocycles. The molecule has 2 N–H and O–H groups in total. The van der Waals surface area contributed by atoms with Crippen molar-refractivity contribution in [3.8, 4) is 5.75 Å². The number of anilines is 2. The lowest BCUT2D eigenvalue weighted by Gasteiger charge is -2.09. The molecule has 0 spiro atoms. The average Bonchev–Trinajstić information content (AvgIpc) is 3.03. The maximum absolute atomic E-state index is 12.6. The second kappa shape index (κ2) is 8.37. The molecule has 0 saturated heterocycles. The highest BCUT2D eigenvalue weighted by atomic mass is 35.5. The van der Waals surface area contributed by atoms with Crippen LogP contribution in [0.5, 0.6) is 5.75 Å². The van der Waals surface area contributed by atoms with Crippen LogP contribution < -0.4 is 15.4 Å². The van der Waals surface area contributed by atoms with Crippen molar-refractivity contribution >= 4 is 55.8 Å². The van der Waals surface area contributed by atoms with E-state index in [0.717, 1.165) is 16.6 Å². The zero-order valence-corrected chi connectivity index (χ0v) is 16.4. The summed E-state index contributed by atoms with van der Waals surface area (Å²) >= 11 is 7.35. The Kier molecular flexibility index (Phi) is 5.93. The summed E-state index contributed by atoms with van der Waals surface area (Å²) < 4.78 is 6.08. The van der Waals surface area contributed by atoms with Gasteiger partial charge in [-0.05, 0) is 42.8 Å². The Morgan fingerprint density at radius 2 is 2.00 bits per heavy atom. The van der Waals surface area contributed by atoms with Crippen LogP contribution in [0.25, 0.3) is 10.2 Å². The number of halogens is 1. The second-order valence-electron chi connectivity index (χ2n) is 5.80. The van der Waals surface area contributed by atoms with Crippen molar-refractivity contribution in [3.05, 3.63) is 47.0 Å². The number of thiazole rings is 1. The minimum atomic E-state index is -0.324. The van der Waals surface area contributed by atoms with Gasteiger partial charge < -0.3 is 15.4 Å². The topological polar surface area (TPSA) is 80.3 Å². The fourth-order valence-electron chi connectivity index (χ4n) is 2.52. The van der Waals surface area contributed by atoms with Gasteiger partial charge in [0.15, 0.2) is 5.13 Å². The van der Waals surface area contributed by atoms with Crippen molar-refractivity contribution in [2.24, 2.45) is 0 Å². The normalized spacial score (nSPS) is 10.6. The molecule has 0 fully saturated rings. The van der Waals surface area contributed by atoms with E-state index in [1.54, 1.807) is 30.3 Å². The van der Waals surface area contributed by atoms with Gasteiger partial charge in [0.05, 0.1) is 22.9 Å². The molecule has 2 aromatic carbocycles. The first-order valence-corrected chi connectivity index (χ1v) is 9.55. The second-order valence-corrected chi connectivity index (χ2v) is 7.27. The molecule has 0 atom stereocenters. The van der Waals surface area contributed by atoms with Gasteiger partial charge >= 0.3 is 0 Å². The van der Waals surface area contributed by atoms with Crippen molar-refractivity contribution in [2.45, 2.75) is 19.8 Å². The molecule has 0 aliphatic heterocycles. The van der Waals surface area contributed by atoms with Gasteiger partial charge in [-0.1, -0.05) is 29.9 Å². The first-order chi connectivity index (χ1) is 13.0. The van der Waals surface area contributed by atoms with Gasteiger partial charge in [0, 0.05) is 17.1 Å². The maximum atomic E-state index is 12.6. The number of aromatic nitrogens is 1. The van der Waals surface area contributed by atoms with Gasteiger partial charge in [0.25, 0.3) is 5.91 Å². The van der Waals surface area contributed by atoms with Crippen LogP contribution in [-0.4, -0.2) is 23.9 Å². The molecular formula is C19H18ClN3O3S. The Hall–Kier alpha value is -2.64. The van der Waals surface area contributed by atoms with Gasteiger partial charge in [0.2, 0.25) is 5.91 Å². The number of nitrogens with zero attached hydrogens (tertiary/aromatic N) is 1. The molecule has 140 valence electrons. The lowest BCUT2D eigenvalue weighted by molar-refractivity contribution is -0.116. The van der Waals surface area contributed by atoms with Crippen LogP contribution >= 0.6 is 22.9 Å². The molecule has 0 aliphatic rings. The Bertz CT molecular complexity index is 1000. The zero-order valence-electron chi connectivity index (χ0n) is 14.8. The summed E-state index contributed by atoms with van der Waals surface area (Å²) in [4.78, 5) is 28.7. The Balaban J connectivity index is 1.80. The van der Waals surface area contributed by atoms with Gasteiger partial charge in [-0.2, -0.15) is 0 Å². The van der Waals surface area contributed by atoms with Crippen molar-refractivity contribution < 1.29 is 14.3 Å². The predicted molar refractivity (Wildman–Crippen MR) is 109 cm³/mol. The molecule has 27 heavy (non-hydrogen) atoms. The average molecular weight is 404 g/mol.